The minimum Gasteiger partial charge on any atom is -0.316 e. The third-order valence-electron chi connectivity index (χ3n) is 4.45. The van der Waals surface area contributed by atoms with Crippen LogP contribution >= 0.6 is 0 Å². The van der Waals surface area contributed by atoms with E-state index in [1.54, 1.807) is 37.3 Å². The number of pyridine rings is 1. The van der Waals surface area contributed by atoms with Gasteiger partial charge in [0.2, 0.25) is 0 Å². The van der Waals surface area contributed by atoms with Crippen LogP contribution in [0.5, 0.6) is 0 Å². The number of benzene rings is 2. The Morgan fingerprint density at radius 3 is 2.54 bits per heavy atom. The van der Waals surface area contributed by atoms with Gasteiger partial charge in [-0.25, -0.2) is 13.2 Å². The lowest BCUT2D eigenvalue weighted by Crippen LogP contribution is -2.15. The van der Waals surface area contributed by atoms with E-state index < -0.39 is 23.2 Å². The fraction of sp³-hybridized carbons (Fsp3) is 0.0500. The number of hydrogen-bond donors (Lipinski definition) is 2. The van der Waals surface area contributed by atoms with E-state index in [0.717, 1.165) is 12.4 Å². The van der Waals surface area contributed by atoms with Gasteiger partial charge in [0.1, 0.15) is 11.5 Å². The molecule has 4 aromatic rings. The van der Waals surface area contributed by atoms with Crippen molar-refractivity contribution < 1.29 is 18.0 Å². The summed E-state index contributed by atoms with van der Waals surface area (Å²) in [5.74, 6) is -3.12. The molecule has 8 heteroatoms. The Balaban J connectivity index is 1.76. The largest absolute Gasteiger partial charge is 0.316 e. The monoisotopic (exact) mass is 382 g/mol. The van der Waals surface area contributed by atoms with E-state index in [4.69, 9.17) is 0 Å². The first-order valence-corrected chi connectivity index (χ1v) is 8.29. The topological polar surface area (TPSA) is 70.7 Å². The Hall–Kier alpha value is -3.68. The van der Waals surface area contributed by atoms with Gasteiger partial charge in [-0.15, -0.1) is 0 Å². The highest BCUT2D eigenvalue weighted by Crippen LogP contribution is 2.29. The number of hydrogen-bond acceptors (Lipinski definition) is 3. The Morgan fingerprint density at radius 1 is 1.04 bits per heavy atom. The van der Waals surface area contributed by atoms with E-state index in [1.807, 2.05) is 0 Å². The van der Waals surface area contributed by atoms with Gasteiger partial charge in [-0.1, -0.05) is 18.2 Å². The summed E-state index contributed by atoms with van der Waals surface area (Å²) in [4.78, 5) is 15.9. The molecule has 0 radical (unpaired) electrons. The number of fused-ring (bicyclic) bond motifs is 1. The third kappa shape index (κ3) is 2.98. The Labute approximate surface area is 157 Å². The molecule has 2 heterocycles. The van der Waals surface area contributed by atoms with Crippen molar-refractivity contribution in [1.29, 1.82) is 0 Å². The molecule has 28 heavy (non-hydrogen) atoms. The standard InChI is InChI=1S/C20H13F3N4O/c1-10-12(3-2-4-14(10)21)11-5-6-17-13(7-11)18(27-26-17)20(28)25-19-15(22)8-24-9-16(19)23/h2-9H,1H3,(H,26,27)(H,24,25,28). The number of H-pyrrole nitrogens is 1. The van der Waals surface area contributed by atoms with E-state index in [2.05, 4.69) is 20.5 Å². The summed E-state index contributed by atoms with van der Waals surface area (Å²) in [6.07, 6.45) is 1.60. The maximum Gasteiger partial charge on any atom is 0.276 e. The molecule has 140 valence electrons. The van der Waals surface area contributed by atoms with Crippen molar-refractivity contribution in [2.24, 2.45) is 0 Å². The van der Waals surface area contributed by atoms with E-state index in [-0.39, 0.29) is 11.5 Å². The van der Waals surface area contributed by atoms with Gasteiger partial charge in [-0.3, -0.25) is 14.9 Å². The summed E-state index contributed by atoms with van der Waals surface area (Å²) < 4.78 is 41.4. The second-order valence-electron chi connectivity index (χ2n) is 6.18. The average Bonchev–Trinajstić information content (AvgIpc) is 3.10. The van der Waals surface area contributed by atoms with Crippen LogP contribution in [-0.2, 0) is 0 Å². The first kappa shape index (κ1) is 17.7. The highest BCUT2D eigenvalue weighted by atomic mass is 19.1. The summed E-state index contributed by atoms with van der Waals surface area (Å²) in [6, 6.07) is 9.88. The molecule has 4 rings (SSSR count). The van der Waals surface area contributed by atoms with Gasteiger partial charge in [0.15, 0.2) is 17.3 Å². The summed E-state index contributed by atoms with van der Waals surface area (Å²) in [5, 5.41) is 9.28. The van der Waals surface area contributed by atoms with Crippen LogP contribution in [0.1, 0.15) is 16.1 Å². The predicted molar refractivity (Wildman–Crippen MR) is 98.3 cm³/mol. The molecule has 0 aliphatic rings. The number of amides is 1. The Bertz CT molecular complexity index is 1200. The molecule has 0 aliphatic carbocycles. The molecule has 0 unspecified atom stereocenters. The van der Waals surface area contributed by atoms with Crippen molar-refractivity contribution in [3.05, 3.63) is 77.5 Å². The fourth-order valence-corrected chi connectivity index (χ4v) is 2.98. The molecule has 0 spiro atoms. The highest BCUT2D eigenvalue weighted by Gasteiger charge is 2.19. The lowest BCUT2D eigenvalue weighted by Gasteiger charge is -2.08. The average molecular weight is 382 g/mol. The molecule has 1 amide bonds. The molecule has 0 bridgehead atoms. The SMILES string of the molecule is Cc1c(F)cccc1-c1ccc2[nH]nc(C(=O)Nc3c(F)cncc3F)c2c1. The second-order valence-corrected chi connectivity index (χ2v) is 6.18. The molecule has 0 fully saturated rings. The molecule has 2 N–H and O–H groups in total. The molecule has 0 saturated carbocycles. The van der Waals surface area contributed by atoms with Crippen LogP contribution in [0, 0.1) is 24.4 Å². The molecule has 2 aromatic heterocycles. The van der Waals surface area contributed by atoms with Gasteiger partial charge < -0.3 is 5.32 Å². The van der Waals surface area contributed by atoms with Crippen molar-refractivity contribution in [2.45, 2.75) is 6.92 Å². The van der Waals surface area contributed by atoms with Gasteiger partial charge in [-0.05, 0) is 41.8 Å². The molecular weight excluding hydrogens is 369 g/mol. The van der Waals surface area contributed by atoms with Crippen molar-refractivity contribution in [3.63, 3.8) is 0 Å². The third-order valence-corrected chi connectivity index (χ3v) is 4.45. The minimum atomic E-state index is -0.996. The molecular formula is C20H13F3N4O. The van der Waals surface area contributed by atoms with Crippen LogP contribution in [0.4, 0.5) is 18.9 Å². The number of nitrogens with zero attached hydrogens (tertiary/aromatic N) is 2. The van der Waals surface area contributed by atoms with Gasteiger partial charge in [0.05, 0.1) is 17.9 Å². The maximum absolute atomic E-state index is 13.9. The van der Waals surface area contributed by atoms with Crippen molar-refractivity contribution >= 4 is 22.5 Å². The molecule has 5 nitrogen and oxygen atoms in total. The number of aromatic nitrogens is 3. The zero-order chi connectivity index (χ0) is 19.8. The molecule has 0 aliphatic heterocycles. The van der Waals surface area contributed by atoms with Crippen LogP contribution in [0.3, 0.4) is 0 Å². The number of carbonyl (C=O) groups excluding carboxylic acids is 1. The lowest BCUT2D eigenvalue weighted by atomic mass is 9.98. The van der Waals surface area contributed by atoms with Crippen molar-refractivity contribution in [3.8, 4) is 11.1 Å². The van der Waals surface area contributed by atoms with Crippen LogP contribution in [0.2, 0.25) is 0 Å². The fourth-order valence-electron chi connectivity index (χ4n) is 2.98. The smallest absolute Gasteiger partial charge is 0.276 e. The summed E-state index contributed by atoms with van der Waals surface area (Å²) in [6.45, 7) is 1.66. The predicted octanol–water partition coefficient (Wildman–Crippen LogP) is 4.60. The normalized spacial score (nSPS) is 11.0. The Morgan fingerprint density at radius 2 is 1.79 bits per heavy atom. The second kappa shape index (κ2) is 6.80. The van der Waals surface area contributed by atoms with Crippen LogP contribution < -0.4 is 5.32 Å². The number of aromatic amines is 1. The number of nitrogens with one attached hydrogen (secondary N) is 2. The zero-order valence-electron chi connectivity index (χ0n) is 14.6. The van der Waals surface area contributed by atoms with Crippen LogP contribution in [-0.4, -0.2) is 21.1 Å². The van der Waals surface area contributed by atoms with Crippen molar-refractivity contribution in [2.75, 3.05) is 5.32 Å². The summed E-state index contributed by atoms with van der Waals surface area (Å²) >= 11 is 0. The number of halogens is 3. The first-order valence-electron chi connectivity index (χ1n) is 8.29. The van der Waals surface area contributed by atoms with E-state index >= 15 is 0 Å². The molecule has 2 aromatic carbocycles. The maximum atomic E-state index is 13.9. The number of anilines is 1. The molecule has 0 saturated heterocycles. The zero-order valence-corrected chi connectivity index (χ0v) is 14.6. The minimum absolute atomic E-state index is 0.0403. The number of rotatable bonds is 3. The highest BCUT2D eigenvalue weighted by molar-refractivity contribution is 6.11. The van der Waals surface area contributed by atoms with Gasteiger partial charge in [0.25, 0.3) is 5.91 Å². The van der Waals surface area contributed by atoms with E-state index in [0.29, 0.717) is 27.6 Å². The lowest BCUT2D eigenvalue weighted by molar-refractivity contribution is 0.102. The summed E-state index contributed by atoms with van der Waals surface area (Å²) in [7, 11) is 0. The molecule has 0 atom stereocenters. The van der Waals surface area contributed by atoms with Crippen LogP contribution in [0.25, 0.3) is 22.0 Å². The van der Waals surface area contributed by atoms with Crippen molar-refractivity contribution in [1.82, 2.24) is 15.2 Å². The van der Waals surface area contributed by atoms with Crippen LogP contribution in [0.15, 0.2) is 48.8 Å². The Kier molecular flexibility index (Phi) is 4.31. The summed E-state index contributed by atoms with van der Waals surface area (Å²) in [5.41, 5.74) is 1.73. The van der Waals surface area contributed by atoms with E-state index in [1.165, 1.54) is 6.07 Å². The van der Waals surface area contributed by atoms with Gasteiger partial charge in [0, 0.05) is 5.39 Å². The number of carbonyl (C=O) groups is 1. The van der Waals surface area contributed by atoms with E-state index in [9.17, 15) is 18.0 Å². The quantitative estimate of drug-likeness (QED) is 0.544. The first-order chi connectivity index (χ1) is 13.5. The van der Waals surface area contributed by atoms with Gasteiger partial charge >= 0.3 is 0 Å². The van der Waals surface area contributed by atoms with Gasteiger partial charge in [-0.2, -0.15) is 5.10 Å².